The number of β-amino-alcohol motifs (C(OH)–C–C–N with tert-alkyl or cyclic N) is 1. The number of ether oxygens (including phenoxy) is 1. The van der Waals surface area contributed by atoms with E-state index in [2.05, 4.69) is 10.6 Å². The van der Waals surface area contributed by atoms with E-state index in [1.165, 1.54) is 17.0 Å². The van der Waals surface area contributed by atoms with Gasteiger partial charge in [-0.1, -0.05) is 6.07 Å². The molecule has 3 N–H and O–H groups in total. The van der Waals surface area contributed by atoms with E-state index in [9.17, 15) is 23.1 Å². The Kier molecular flexibility index (Phi) is 7.43. The lowest BCUT2D eigenvalue weighted by Gasteiger charge is -2.46. The molecule has 1 aliphatic rings. The average molecular weight is 451 g/mol. The third kappa shape index (κ3) is 5.59. The number of aryl methyl sites for hydroxylation is 1. The van der Waals surface area contributed by atoms with Crippen LogP contribution in [0.2, 0.25) is 0 Å². The number of benzene rings is 2. The van der Waals surface area contributed by atoms with E-state index < -0.39 is 34.6 Å². The van der Waals surface area contributed by atoms with Crippen LogP contribution in [0.25, 0.3) is 0 Å². The fraction of sp³-hybridized carbons (Fsp3) is 0.435. The number of aliphatic hydroxyl groups is 1. The van der Waals surface area contributed by atoms with E-state index in [0.29, 0.717) is 18.7 Å². The minimum atomic E-state index is -1.28. The molecule has 0 unspecified atom stereocenters. The highest BCUT2D eigenvalue weighted by atomic mass is 19.2. The predicted molar refractivity (Wildman–Crippen MR) is 116 cm³/mol. The topological polar surface area (TPSA) is 73.8 Å². The van der Waals surface area contributed by atoms with Gasteiger partial charge < -0.3 is 25.4 Å². The van der Waals surface area contributed by atoms with Crippen LogP contribution in [0.5, 0.6) is 0 Å². The third-order valence-corrected chi connectivity index (χ3v) is 5.15. The summed E-state index contributed by atoms with van der Waals surface area (Å²) in [7, 11) is 0. The number of likely N-dealkylation sites (tertiary alicyclic amines) is 1. The van der Waals surface area contributed by atoms with Crippen LogP contribution in [0.1, 0.15) is 29.8 Å². The first-order valence-corrected chi connectivity index (χ1v) is 10.4. The molecule has 32 heavy (non-hydrogen) atoms. The summed E-state index contributed by atoms with van der Waals surface area (Å²) in [5.74, 6) is -3.69. The molecule has 6 nitrogen and oxygen atoms in total. The van der Waals surface area contributed by atoms with Gasteiger partial charge in [-0.2, -0.15) is 0 Å². The van der Waals surface area contributed by atoms with Crippen LogP contribution in [-0.2, 0) is 4.74 Å². The summed E-state index contributed by atoms with van der Waals surface area (Å²) >= 11 is 0. The molecule has 0 radical (unpaired) electrons. The molecule has 1 amide bonds. The lowest BCUT2D eigenvalue weighted by molar-refractivity contribution is -0.0791. The van der Waals surface area contributed by atoms with Crippen molar-refractivity contribution >= 4 is 17.3 Å². The SMILES string of the molecule is Cc1ccc(Nc2c(C(=O)N3CC(O)(CNCCOC(C)C)C3)ccc(F)c2F)c(F)c1. The van der Waals surface area contributed by atoms with Crippen molar-refractivity contribution in [1.82, 2.24) is 10.2 Å². The maximum absolute atomic E-state index is 14.6. The summed E-state index contributed by atoms with van der Waals surface area (Å²) in [6.45, 7) is 6.92. The number of anilines is 2. The quantitative estimate of drug-likeness (QED) is 0.510. The molecular formula is C23H28F3N3O3. The predicted octanol–water partition coefficient (Wildman–Crippen LogP) is 3.36. The van der Waals surface area contributed by atoms with Gasteiger partial charge in [-0.25, -0.2) is 13.2 Å². The number of carbonyl (C=O) groups excluding carboxylic acids is 1. The fourth-order valence-electron chi connectivity index (χ4n) is 3.49. The first-order valence-electron chi connectivity index (χ1n) is 10.4. The second-order valence-electron chi connectivity index (χ2n) is 8.37. The molecule has 1 heterocycles. The second kappa shape index (κ2) is 9.89. The number of hydrogen-bond acceptors (Lipinski definition) is 5. The molecule has 3 rings (SSSR count). The highest BCUT2D eigenvalue weighted by Gasteiger charge is 2.44. The maximum atomic E-state index is 14.6. The van der Waals surface area contributed by atoms with Crippen molar-refractivity contribution in [2.75, 3.05) is 38.1 Å². The number of rotatable bonds is 9. The first kappa shape index (κ1) is 24.0. The summed E-state index contributed by atoms with van der Waals surface area (Å²) < 4.78 is 48.1. The van der Waals surface area contributed by atoms with Crippen LogP contribution < -0.4 is 10.6 Å². The molecule has 2 aromatic rings. The van der Waals surface area contributed by atoms with Crippen LogP contribution >= 0.6 is 0 Å². The van der Waals surface area contributed by atoms with Crippen molar-refractivity contribution in [3.8, 4) is 0 Å². The molecule has 0 saturated carbocycles. The zero-order valence-electron chi connectivity index (χ0n) is 18.3. The van der Waals surface area contributed by atoms with Crippen molar-refractivity contribution in [1.29, 1.82) is 0 Å². The monoisotopic (exact) mass is 451 g/mol. The van der Waals surface area contributed by atoms with Gasteiger partial charge in [0.1, 0.15) is 11.4 Å². The van der Waals surface area contributed by atoms with E-state index in [0.717, 1.165) is 12.1 Å². The van der Waals surface area contributed by atoms with Crippen LogP contribution in [0.4, 0.5) is 24.5 Å². The van der Waals surface area contributed by atoms with Crippen molar-refractivity contribution in [2.24, 2.45) is 0 Å². The number of amides is 1. The summed E-state index contributed by atoms with van der Waals surface area (Å²) in [4.78, 5) is 14.3. The molecule has 0 aliphatic carbocycles. The Morgan fingerprint density at radius 3 is 2.56 bits per heavy atom. The Labute approximate surface area is 185 Å². The summed E-state index contributed by atoms with van der Waals surface area (Å²) in [6, 6.07) is 6.24. The number of nitrogens with zero attached hydrogens (tertiary/aromatic N) is 1. The van der Waals surface area contributed by atoms with Gasteiger partial charge in [0.2, 0.25) is 0 Å². The molecule has 1 saturated heterocycles. The van der Waals surface area contributed by atoms with Gasteiger partial charge in [0.05, 0.1) is 42.7 Å². The van der Waals surface area contributed by atoms with Crippen molar-refractivity contribution < 1.29 is 27.8 Å². The number of halogens is 3. The molecule has 0 atom stereocenters. The van der Waals surface area contributed by atoms with Crippen LogP contribution in [0.3, 0.4) is 0 Å². The zero-order chi connectivity index (χ0) is 23.5. The third-order valence-electron chi connectivity index (χ3n) is 5.15. The molecular weight excluding hydrogens is 423 g/mol. The second-order valence-corrected chi connectivity index (χ2v) is 8.37. The maximum Gasteiger partial charge on any atom is 0.256 e. The number of carbonyl (C=O) groups is 1. The zero-order valence-corrected chi connectivity index (χ0v) is 18.3. The van der Waals surface area contributed by atoms with Gasteiger partial charge in [-0.3, -0.25) is 4.79 Å². The van der Waals surface area contributed by atoms with E-state index in [1.54, 1.807) is 13.0 Å². The van der Waals surface area contributed by atoms with Gasteiger partial charge in [0.25, 0.3) is 5.91 Å². The molecule has 2 aromatic carbocycles. The smallest absolute Gasteiger partial charge is 0.256 e. The summed E-state index contributed by atoms with van der Waals surface area (Å²) in [5.41, 5.74) is -1.14. The minimum absolute atomic E-state index is 0.0290. The van der Waals surface area contributed by atoms with Crippen molar-refractivity contribution in [3.63, 3.8) is 0 Å². The Hall–Kier alpha value is -2.62. The Bertz CT molecular complexity index is 978. The van der Waals surface area contributed by atoms with Gasteiger partial charge in [0, 0.05) is 13.1 Å². The van der Waals surface area contributed by atoms with E-state index in [-0.39, 0.29) is 37.0 Å². The molecule has 9 heteroatoms. The van der Waals surface area contributed by atoms with E-state index >= 15 is 0 Å². The van der Waals surface area contributed by atoms with Crippen molar-refractivity contribution in [2.45, 2.75) is 32.5 Å². The summed E-state index contributed by atoms with van der Waals surface area (Å²) in [6.07, 6.45) is 0.115. The normalized spacial score (nSPS) is 15.1. The summed E-state index contributed by atoms with van der Waals surface area (Å²) in [5, 5.41) is 16.1. The Balaban J connectivity index is 1.68. The molecule has 0 aromatic heterocycles. The van der Waals surface area contributed by atoms with Crippen LogP contribution in [-0.4, -0.2) is 60.4 Å². The minimum Gasteiger partial charge on any atom is -0.385 e. The molecule has 1 fully saturated rings. The van der Waals surface area contributed by atoms with E-state index in [4.69, 9.17) is 4.74 Å². The van der Waals surface area contributed by atoms with Gasteiger partial charge >= 0.3 is 0 Å². The lowest BCUT2D eigenvalue weighted by Crippen LogP contribution is -2.67. The van der Waals surface area contributed by atoms with Crippen LogP contribution in [0.15, 0.2) is 30.3 Å². The highest BCUT2D eigenvalue weighted by molar-refractivity contribution is 6.01. The Morgan fingerprint density at radius 1 is 1.19 bits per heavy atom. The standard InChI is InChI=1S/C23H28F3N3O3/c1-14(2)32-9-8-27-11-23(31)12-29(13-23)22(30)16-5-6-17(24)20(26)21(16)28-19-7-4-15(3)10-18(19)25/h4-7,10,14,27-28,31H,8-9,11-13H2,1-3H3. The largest absolute Gasteiger partial charge is 0.385 e. The number of nitrogens with one attached hydrogen (secondary N) is 2. The highest BCUT2D eigenvalue weighted by Crippen LogP contribution is 2.31. The van der Waals surface area contributed by atoms with Crippen LogP contribution in [0, 0.1) is 24.4 Å². The average Bonchev–Trinajstić information content (AvgIpc) is 2.70. The number of hydrogen-bond donors (Lipinski definition) is 3. The molecule has 0 spiro atoms. The molecule has 1 aliphatic heterocycles. The van der Waals surface area contributed by atoms with E-state index in [1.807, 2.05) is 13.8 Å². The molecule has 174 valence electrons. The lowest BCUT2D eigenvalue weighted by atomic mass is 9.92. The van der Waals surface area contributed by atoms with Crippen molar-refractivity contribution in [3.05, 3.63) is 58.9 Å². The van der Waals surface area contributed by atoms with Gasteiger partial charge in [-0.15, -0.1) is 0 Å². The fourth-order valence-corrected chi connectivity index (χ4v) is 3.49. The van der Waals surface area contributed by atoms with Gasteiger partial charge in [0.15, 0.2) is 11.6 Å². The molecule has 0 bridgehead atoms. The van der Waals surface area contributed by atoms with Gasteiger partial charge in [-0.05, 0) is 50.6 Å². The Morgan fingerprint density at radius 2 is 1.91 bits per heavy atom. The first-order chi connectivity index (χ1) is 15.1.